The van der Waals surface area contributed by atoms with E-state index in [9.17, 15) is 4.79 Å². The lowest BCUT2D eigenvalue weighted by Crippen LogP contribution is -2.19. The van der Waals surface area contributed by atoms with Gasteiger partial charge in [0.05, 0.1) is 29.8 Å². The standard InChI is InChI=1S/C22H23ClN2O4S/c1-13(2)28-22-17(23)9-15(10-20(22)27-4)5-8-21(26)24-11-16-6-7-19(29-16)18-12-30-14(3)25-18/h5-10,12-13H,11H2,1-4H3,(H,24,26)/b8-5+. The van der Waals surface area contributed by atoms with Crippen LogP contribution in [-0.2, 0) is 11.3 Å². The Morgan fingerprint density at radius 2 is 2.17 bits per heavy atom. The fraction of sp³-hybridized carbons (Fsp3) is 0.273. The molecule has 0 bridgehead atoms. The normalized spacial score (nSPS) is 11.3. The van der Waals surface area contributed by atoms with Crippen molar-refractivity contribution in [3.8, 4) is 23.0 Å². The van der Waals surface area contributed by atoms with Gasteiger partial charge in [0.1, 0.15) is 11.5 Å². The van der Waals surface area contributed by atoms with Gasteiger partial charge in [-0.3, -0.25) is 4.79 Å². The molecule has 0 fully saturated rings. The van der Waals surface area contributed by atoms with Crippen LogP contribution in [0.25, 0.3) is 17.5 Å². The molecule has 30 heavy (non-hydrogen) atoms. The fourth-order valence-electron chi connectivity index (χ4n) is 2.68. The first kappa shape index (κ1) is 21.9. The molecule has 0 spiro atoms. The van der Waals surface area contributed by atoms with Gasteiger partial charge in [-0.1, -0.05) is 11.6 Å². The molecule has 0 aliphatic heterocycles. The minimum Gasteiger partial charge on any atom is -0.493 e. The van der Waals surface area contributed by atoms with E-state index in [0.29, 0.717) is 28.0 Å². The highest BCUT2D eigenvalue weighted by atomic mass is 35.5. The first-order valence-corrected chi connectivity index (χ1v) is 10.6. The third-order valence-electron chi connectivity index (χ3n) is 4.00. The van der Waals surface area contributed by atoms with Crippen molar-refractivity contribution in [2.75, 3.05) is 7.11 Å². The zero-order valence-electron chi connectivity index (χ0n) is 17.2. The van der Waals surface area contributed by atoms with Gasteiger partial charge in [-0.2, -0.15) is 0 Å². The summed E-state index contributed by atoms with van der Waals surface area (Å²) in [6, 6.07) is 7.16. The van der Waals surface area contributed by atoms with Crippen molar-refractivity contribution in [2.24, 2.45) is 0 Å². The van der Waals surface area contributed by atoms with Gasteiger partial charge in [-0.05, 0) is 56.7 Å². The minimum absolute atomic E-state index is 0.0368. The Balaban J connectivity index is 1.61. The number of benzene rings is 1. The highest BCUT2D eigenvalue weighted by Gasteiger charge is 2.13. The van der Waals surface area contributed by atoms with Crippen LogP contribution in [0.3, 0.4) is 0 Å². The number of nitrogens with zero attached hydrogens (tertiary/aromatic N) is 1. The van der Waals surface area contributed by atoms with Gasteiger partial charge in [-0.25, -0.2) is 4.98 Å². The van der Waals surface area contributed by atoms with Gasteiger partial charge in [-0.15, -0.1) is 11.3 Å². The maximum atomic E-state index is 12.2. The summed E-state index contributed by atoms with van der Waals surface area (Å²) in [5.74, 6) is 2.08. The van der Waals surface area contributed by atoms with E-state index in [2.05, 4.69) is 10.3 Å². The number of ether oxygens (including phenoxy) is 2. The molecule has 3 rings (SSSR count). The number of carbonyl (C=O) groups is 1. The van der Waals surface area contributed by atoms with Crippen molar-refractivity contribution in [1.82, 2.24) is 10.3 Å². The van der Waals surface area contributed by atoms with E-state index >= 15 is 0 Å². The zero-order valence-corrected chi connectivity index (χ0v) is 18.8. The highest BCUT2D eigenvalue weighted by Crippen LogP contribution is 2.37. The molecule has 0 radical (unpaired) electrons. The molecule has 1 aromatic carbocycles. The summed E-state index contributed by atoms with van der Waals surface area (Å²) in [4.78, 5) is 16.6. The Labute approximate surface area is 184 Å². The Morgan fingerprint density at radius 1 is 1.37 bits per heavy atom. The summed E-state index contributed by atoms with van der Waals surface area (Å²) in [7, 11) is 1.55. The van der Waals surface area contributed by atoms with Crippen molar-refractivity contribution in [2.45, 2.75) is 33.4 Å². The number of halogens is 1. The number of aryl methyl sites for hydroxylation is 1. The third kappa shape index (κ3) is 5.64. The van der Waals surface area contributed by atoms with Crippen LogP contribution in [-0.4, -0.2) is 24.1 Å². The molecule has 8 heteroatoms. The van der Waals surface area contributed by atoms with E-state index in [4.69, 9.17) is 25.5 Å². The Morgan fingerprint density at radius 3 is 2.83 bits per heavy atom. The molecule has 2 aromatic heterocycles. The largest absolute Gasteiger partial charge is 0.493 e. The lowest BCUT2D eigenvalue weighted by Gasteiger charge is -2.15. The number of amides is 1. The molecule has 0 aliphatic rings. The molecular weight excluding hydrogens is 424 g/mol. The summed E-state index contributed by atoms with van der Waals surface area (Å²) in [5.41, 5.74) is 1.52. The average molecular weight is 447 g/mol. The monoisotopic (exact) mass is 446 g/mol. The molecule has 158 valence electrons. The van der Waals surface area contributed by atoms with E-state index in [1.165, 1.54) is 6.08 Å². The molecule has 0 aliphatic carbocycles. The lowest BCUT2D eigenvalue weighted by atomic mass is 10.2. The van der Waals surface area contributed by atoms with E-state index in [1.807, 2.05) is 38.3 Å². The van der Waals surface area contributed by atoms with Crippen LogP contribution in [0.5, 0.6) is 11.5 Å². The molecule has 1 amide bonds. The maximum absolute atomic E-state index is 12.2. The minimum atomic E-state index is -0.255. The number of aromatic nitrogens is 1. The summed E-state index contributed by atoms with van der Waals surface area (Å²) in [6.07, 6.45) is 3.06. The summed E-state index contributed by atoms with van der Waals surface area (Å²) < 4.78 is 16.8. The van der Waals surface area contributed by atoms with Gasteiger partial charge in [0, 0.05) is 11.5 Å². The fourth-order valence-corrected chi connectivity index (χ4v) is 3.54. The number of rotatable bonds is 8. The van der Waals surface area contributed by atoms with Crippen molar-refractivity contribution in [3.05, 3.63) is 57.1 Å². The summed E-state index contributed by atoms with van der Waals surface area (Å²) in [6.45, 7) is 6.04. The molecule has 0 unspecified atom stereocenters. The maximum Gasteiger partial charge on any atom is 0.244 e. The zero-order chi connectivity index (χ0) is 21.7. The second-order valence-electron chi connectivity index (χ2n) is 6.77. The van der Waals surface area contributed by atoms with Gasteiger partial charge >= 0.3 is 0 Å². The molecule has 0 saturated carbocycles. The van der Waals surface area contributed by atoms with Crippen molar-refractivity contribution < 1.29 is 18.7 Å². The number of carbonyl (C=O) groups excluding carboxylic acids is 1. The first-order valence-electron chi connectivity index (χ1n) is 9.37. The Kier molecular flexibility index (Phi) is 7.18. The second kappa shape index (κ2) is 9.82. The molecule has 0 atom stereocenters. The molecular formula is C22H23ClN2O4S. The van der Waals surface area contributed by atoms with Crippen molar-refractivity contribution in [3.63, 3.8) is 0 Å². The van der Waals surface area contributed by atoms with Gasteiger partial charge < -0.3 is 19.2 Å². The average Bonchev–Trinajstić information content (AvgIpc) is 3.35. The summed E-state index contributed by atoms with van der Waals surface area (Å²) >= 11 is 7.87. The third-order valence-corrected chi connectivity index (χ3v) is 5.06. The second-order valence-corrected chi connectivity index (χ2v) is 8.24. The number of nitrogens with one attached hydrogen (secondary N) is 1. The molecule has 3 aromatic rings. The van der Waals surface area contributed by atoms with Gasteiger partial charge in [0.15, 0.2) is 17.3 Å². The molecule has 1 N–H and O–H groups in total. The topological polar surface area (TPSA) is 73.6 Å². The number of furan rings is 1. The molecule has 2 heterocycles. The van der Waals surface area contributed by atoms with Crippen molar-refractivity contribution >= 4 is 34.9 Å². The summed E-state index contributed by atoms with van der Waals surface area (Å²) in [5, 5.41) is 6.13. The lowest BCUT2D eigenvalue weighted by molar-refractivity contribution is -0.116. The SMILES string of the molecule is COc1cc(/C=C/C(=O)NCc2ccc(-c3csc(C)n3)o2)cc(Cl)c1OC(C)C. The van der Waals surface area contributed by atoms with Crippen LogP contribution in [0.4, 0.5) is 0 Å². The number of hydrogen-bond acceptors (Lipinski definition) is 6. The predicted molar refractivity (Wildman–Crippen MR) is 119 cm³/mol. The van der Waals surface area contributed by atoms with Crippen LogP contribution in [0, 0.1) is 6.92 Å². The van der Waals surface area contributed by atoms with Crippen LogP contribution >= 0.6 is 22.9 Å². The van der Waals surface area contributed by atoms with Gasteiger partial charge in [0.25, 0.3) is 0 Å². The number of methoxy groups -OCH3 is 1. The van der Waals surface area contributed by atoms with Crippen LogP contribution < -0.4 is 14.8 Å². The number of hydrogen-bond donors (Lipinski definition) is 1. The Bertz CT molecular complexity index is 1060. The smallest absolute Gasteiger partial charge is 0.244 e. The number of thiazole rings is 1. The molecule has 6 nitrogen and oxygen atoms in total. The van der Waals surface area contributed by atoms with Crippen LogP contribution in [0.15, 0.2) is 40.1 Å². The van der Waals surface area contributed by atoms with E-state index in [-0.39, 0.29) is 18.6 Å². The van der Waals surface area contributed by atoms with E-state index in [0.717, 1.165) is 16.3 Å². The van der Waals surface area contributed by atoms with Crippen molar-refractivity contribution in [1.29, 1.82) is 0 Å². The first-order chi connectivity index (χ1) is 14.4. The van der Waals surface area contributed by atoms with Crippen LogP contribution in [0.1, 0.15) is 30.2 Å². The van der Waals surface area contributed by atoms with E-state index < -0.39 is 0 Å². The molecule has 0 saturated heterocycles. The van der Waals surface area contributed by atoms with Crippen LogP contribution in [0.2, 0.25) is 5.02 Å². The van der Waals surface area contributed by atoms with E-state index in [1.54, 1.807) is 36.7 Å². The van der Waals surface area contributed by atoms with Gasteiger partial charge in [0.2, 0.25) is 5.91 Å². The predicted octanol–water partition coefficient (Wildman–Crippen LogP) is 5.49. The Hall–Kier alpha value is -2.77. The highest BCUT2D eigenvalue weighted by molar-refractivity contribution is 7.09. The quantitative estimate of drug-likeness (QED) is 0.463.